The summed E-state index contributed by atoms with van der Waals surface area (Å²) in [4.78, 5) is 0. The maximum Gasteiger partial charge on any atom is 0.0202 e. The fourth-order valence-corrected chi connectivity index (χ4v) is 3.49. The van der Waals surface area contributed by atoms with Gasteiger partial charge in [-0.2, -0.15) is 0 Å². The van der Waals surface area contributed by atoms with Gasteiger partial charge in [0.05, 0.1) is 0 Å². The SMILES string of the molecule is CC1=CC=C2C=CC=C3c4ccccc4C1C23. The molecule has 1 aromatic carbocycles. The van der Waals surface area contributed by atoms with Crippen LogP contribution in [0.4, 0.5) is 0 Å². The van der Waals surface area contributed by atoms with Crippen LogP contribution in [0.25, 0.3) is 5.57 Å². The first-order valence-electron chi connectivity index (χ1n) is 6.22. The smallest absolute Gasteiger partial charge is 0.0202 e. The third-order valence-electron chi connectivity index (χ3n) is 4.23. The molecule has 0 amide bonds. The number of allylic oxidation sites excluding steroid dienone is 8. The molecule has 17 heavy (non-hydrogen) atoms. The highest BCUT2D eigenvalue weighted by Gasteiger charge is 2.40. The summed E-state index contributed by atoms with van der Waals surface area (Å²) in [6, 6.07) is 8.87. The normalized spacial score (nSPS) is 27.9. The molecule has 0 aliphatic heterocycles. The van der Waals surface area contributed by atoms with Crippen LogP contribution in [0.15, 0.2) is 65.8 Å². The zero-order valence-electron chi connectivity index (χ0n) is 9.85. The molecule has 2 unspecified atom stereocenters. The lowest BCUT2D eigenvalue weighted by Gasteiger charge is -2.28. The predicted octanol–water partition coefficient (Wildman–Crippen LogP) is 4.24. The molecule has 3 aliphatic rings. The van der Waals surface area contributed by atoms with E-state index in [4.69, 9.17) is 0 Å². The van der Waals surface area contributed by atoms with Gasteiger partial charge in [-0.05, 0) is 29.2 Å². The molecule has 1 aromatic rings. The molecule has 0 aromatic heterocycles. The number of rotatable bonds is 0. The fourth-order valence-electron chi connectivity index (χ4n) is 3.49. The third-order valence-corrected chi connectivity index (χ3v) is 4.23. The summed E-state index contributed by atoms with van der Waals surface area (Å²) in [5.74, 6) is 1.14. The zero-order chi connectivity index (χ0) is 11.4. The molecular formula is C17H14. The highest BCUT2D eigenvalue weighted by molar-refractivity contribution is 5.83. The molecule has 3 aliphatic carbocycles. The molecule has 0 spiro atoms. The predicted molar refractivity (Wildman–Crippen MR) is 71.6 cm³/mol. The summed E-state index contributed by atoms with van der Waals surface area (Å²) in [5, 5.41) is 0. The van der Waals surface area contributed by atoms with Gasteiger partial charge < -0.3 is 0 Å². The Morgan fingerprint density at radius 2 is 1.82 bits per heavy atom. The van der Waals surface area contributed by atoms with Gasteiger partial charge in [0.2, 0.25) is 0 Å². The van der Waals surface area contributed by atoms with Crippen LogP contribution in [0.2, 0.25) is 0 Å². The van der Waals surface area contributed by atoms with Crippen LogP contribution < -0.4 is 0 Å². The van der Waals surface area contributed by atoms with Gasteiger partial charge in [-0.15, -0.1) is 0 Å². The Balaban J connectivity index is 2.06. The van der Waals surface area contributed by atoms with Crippen molar-refractivity contribution >= 4 is 5.57 Å². The maximum atomic E-state index is 2.29. The second kappa shape index (κ2) is 3.10. The van der Waals surface area contributed by atoms with E-state index in [2.05, 4.69) is 61.6 Å². The van der Waals surface area contributed by atoms with E-state index in [-0.39, 0.29) is 0 Å². The van der Waals surface area contributed by atoms with E-state index in [0.717, 1.165) is 0 Å². The van der Waals surface area contributed by atoms with Crippen LogP contribution >= 0.6 is 0 Å². The standard InChI is InChI=1S/C17H14/c1-11-9-10-12-5-4-8-15-13-6-2-3-7-14(13)16(11)17(12)15/h2-10,16-17H,1H3. The lowest BCUT2D eigenvalue weighted by Crippen LogP contribution is -2.14. The minimum absolute atomic E-state index is 0.572. The molecule has 0 nitrogen and oxygen atoms in total. The Hall–Kier alpha value is -1.82. The lowest BCUT2D eigenvalue weighted by molar-refractivity contribution is 0.684. The molecule has 0 radical (unpaired) electrons. The highest BCUT2D eigenvalue weighted by Crippen LogP contribution is 2.55. The quantitative estimate of drug-likeness (QED) is 0.611. The summed E-state index contributed by atoms with van der Waals surface area (Å²) in [7, 11) is 0. The van der Waals surface area contributed by atoms with E-state index < -0.39 is 0 Å². The Bertz CT molecular complexity index is 623. The molecule has 0 heteroatoms. The first-order valence-corrected chi connectivity index (χ1v) is 6.22. The van der Waals surface area contributed by atoms with E-state index in [0.29, 0.717) is 11.8 Å². The average molecular weight is 218 g/mol. The average Bonchev–Trinajstić information content (AvgIpc) is 2.71. The molecule has 82 valence electrons. The van der Waals surface area contributed by atoms with Crippen molar-refractivity contribution in [1.82, 2.24) is 0 Å². The van der Waals surface area contributed by atoms with Gasteiger partial charge in [0.15, 0.2) is 0 Å². The van der Waals surface area contributed by atoms with E-state index in [1.807, 2.05) is 0 Å². The summed E-state index contributed by atoms with van der Waals surface area (Å²) in [6.45, 7) is 2.26. The van der Waals surface area contributed by atoms with Crippen molar-refractivity contribution < 1.29 is 0 Å². The lowest BCUT2D eigenvalue weighted by atomic mass is 9.75. The van der Waals surface area contributed by atoms with Crippen molar-refractivity contribution in [2.24, 2.45) is 5.92 Å². The number of hydrogen-bond donors (Lipinski definition) is 0. The topological polar surface area (TPSA) is 0 Å². The highest BCUT2D eigenvalue weighted by atomic mass is 14.4. The van der Waals surface area contributed by atoms with Crippen molar-refractivity contribution in [2.45, 2.75) is 12.8 Å². The molecule has 0 saturated carbocycles. The van der Waals surface area contributed by atoms with Crippen LogP contribution in [0.5, 0.6) is 0 Å². The van der Waals surface area contributed by atoms with E-state index in [1.165, 1.54) is 27.8 Å². The van der Waals surface area contributed by atoms with Crippen molar-refractivity contribution in [3.05, 3.63) is 76.9 Å². The summed E-state index contributed by atoms with van der Waals surface area (Å²) in [5.41, 5.74) is 7.42. The monoisotopic (exact) mass is 218 g/mol. The van der Waals surface area contributed by atoms with Crippen molar-refractivity contribution in [2.75, 3.05) is 0 Å². The maximum absolute atomic E-state index is 2.29. The van der Waals surface area contributed by atoms with Gasteiger partial charge in [-0.25, -0.2) is 0 Å². The first-order chi connectivity index (χ1) is 8.36. The van der Waals surface area contributed by atoms with Gasteiger partial charge in [-0.3, -0.25) is 0 Å². The van der Waals surface area contributed by atoms with Crippen molar-refractivity contribution in [1.29, 1.82) is 0 Å². The minimum atomic E-state index is 0.572. The van der Waals surface area contributed by atoms with Gasteiger partial charge in [0.1, 0.15) is 0 Å². The van der Waals surface area contributed by atoms with Gasteiger partial charge >= 0.3 is 0 Å². The first kappa shape index (κ1) is 9.23. The number of fused-ring (bicyclic) bond motifs is 3. The van der Waals surface area contributed by atoms with Crippen LogP contribution in [0.1, 0.15) is 24.0 Å². The zero-order valence-corrected chi connectivity index (χ0v) is 9.85. The minimum Gasteiger partial charge on any atom is -0.0648 e. The second-order valence-electron chi connectivity index (χ2n) is 5.10. The van der Waals surface area contributed by atoms with Crippen molar-refractivity contribution in [3.63, 3.8) is 0 Å². The summed E-state index contributed by atoms with van der Waals surface area (Å²) < 4.78 is 0. The molecule has 0 heterocycles. The Labute approximate surface area is 102 Å². The second-order valence-corrected chi connectivity index (χ2v) is 5.10. The number of hydrogen-bond acceptors (Lipinski definition) is 0. The van der Waals surface area contributed by atoms with E-state index >= 15 is 0 Å². The molecule has 0 saturated heterocycles. The Morgan fingerprint density at radius 3 is 2.76 bits per heavy atom. The van der Waals surface area contributed by atoms with E-state index in [1.54, 1.807) is 0 Å². The summed E-state index contributed by atoms with van der Waals surface area (Å²) in [6.07, 6.45) is 11.3. The van der Waals surface area contributed by atoms with Gasteiger partial charge in [0, 0.05) is 11.8 Å². The third kappa shape index (κ3) is 1.08. The molecule has 0 N–H and O–H groups in total. The molecule has 4 rings (SSSR count). The van der Waals surface area contributed by atoms with Crippen LogP contribution in [0.3, 0.4) is 0 Å². The van der Waals surface area contributed by atoms with E-state index in [9.17, 15) is 0 Å². The van der Waals surface area contributed by atoms with Crippen LogP contribution in [-0.2, 0) is 0 Å². The molecule has 2 atom stereocenters. The summed E-state index contributed by atoms with van der Waals surface area (Å²) >= 11 is 0. The number of benzene rings is 1. The van der Waals surface area contributed by atoms with Gasteiger partial charge in [-0.1, -0.05) is 60.2 Å². The van der Waals surface area contributed by atoms with Crippen LogP contribution in [0, 0.1) is 5.92 Å². The van der Waals surface area contributed by atoms with Gasteiger partial charge in [0.25, 0.3) is 0 Å². The molecule has 0 fully saturated rings. The molecular weight excluding hydrogens is 204 g/mol. The fraction of sp³-hybridized carbons (Fsp3) is 0.176. The van der Waals surface area contributed by atoms with Crippen LogP contribution in [-0.4, -0.2) is 0 Å². The Morgan fingerprint density at radius 1 is 0.941 bits per heavy atom. The largest absolute Gasteiger partial charge is 0.0648 e. The molecule has 0 bridgehead atoms. The van der Waals surface area contributed by atoms with Crippen molar-refractivity contribution in [3.8, 4) is 0 Å². The Kier molecular flexibility index (Phi) is 1.69.